The average Bonchev–Trinajstić information content (AvgIpc) is 3.29. The van der Waals surface area contributed by atoms with Gasteiger partial charge in [-0.3, -0.25) is 0 Å². The van der Waals surface area contributed by atoms with Crippen molar-refractivity contribution in [2.45, 2.75) is 44.2 Å². The Morgan fingerprint density at radius 1 is 1.06 bits per heavy atom. The number of hydrogen-bond acceptors (Lipinski definition) is 5. The van der Waals surface area contributed by atoms with Crippen LogP contribution in [0.1, 0.15) is 37.7 Å². The van der Waals surface area contributed by atoms with E-state index in [0.717, 1.165) is 50.4 Å². The van der Waals surface area contributed by atoms with E-state index in [4.69, 9.17) is 9.57 Å². The van der Waals surface area contributed by atoms with Crippen molar-refractivity contribution in [2.24, 2.45) is 5.16 Å². The van der Waals surface area contributed by atoms with E-state index in [1.165, 1.54) is 24.1 Å². The molecule has 0 saturated carbocycles. The molecule has 0 amide bonds. The summed E-state index contributed by atoms with van der Waals surface area (Å²) < 4.78 is 5.60. The van der Waals surface area contributed by atoms with Gasteiger partial charge in [0, 0.05) is 32.1 Å². The molecular formula is C26H33N3O2. The van der Waals surface area contributed by atoms with E-state index >= 15 is 0 Å². The maximum Gasteiger partial charge on any atom is 0.142 e. The van der Waals surface area contributed by atoms with Gasteiger partial charge in [-0.05, 0) is 43.0 Å². The highest BCUT2D eigenvalue weighted by molar-refractivity contribution is 5.98. The molecule has 5 nitrogen and oxygen atoms in total. The van der Waals surface area contributed by atoms with Crippen molar-refractivity contribution < 1.29 is 9.57 Å². The zero-order valence-corrected chi connectivity index (χ0v) is 18.4. The quantitative estimate of drug-likeness (QED) is 0.588. The van der Waals surface area contributed by atoms with Crippen molar-refractivity contribution in [3.63, 3.8) is 0 Å². The minimum absolute atomic E-state index is 0.213. The predicted molar refractivity (Wildman–Crippen MR) is 128 cm³/mol. The van der Waals surface area contributed by atoms with Crippen LogP contribution in [-0.2, 0) is 4.84 Å². The summed E-state index contributed by atoms with van der Waals surface area (Å²) in [5.41, 5.74) is 3.43. The van der Waals surface area contributed by atoms with E-state index in [9.17, 15) is 0 Å². The number of hydrogen-bond donors (Lipinski definition) is 1. The summed E-state index contributed by atoms with van der Waals surface area (Å²) >= 11 is 0. The molecule has 0 aliphatic carbocycles. The highest BCUT2D eigenvalue weighted by Crippen LogP contribution is 2.31. The van der Waals surface area contributed by atoms with Crippen LogP contribution in [-0.4, -0.2) is 44.6 Å². The van der Waals surface area contributed by atoms with Gasteiger partial charge in [-0.2, -0.15) is 0 Å². The first kappa shape index (κ1) is 21.4. The van der Waals surface area contributed by atoms with Crippen LogP contribution in [0.4, 0.5) is 5.69 Å². The predicted octanol–water partition coefficient (Wildman–Crippen LogP) is 4.89. The zero-order valence-electron chi connectivity index (χ0n) is 18.4. The Kier molecular flexibility index (Phi) is 7.61. The Bertz CT molecular complexity index is 881. The number of oxime groups is 1. The van der Waals surface area contributed by atoms with Gasteiger partial charge in [0.15, 0.2) is 0 Å². The third kappa shape index (κ3) is 5.88. The molecule has 2 unspecified atom stereocenters. The maximum absolute atomic E-state index is 5.66. The van der Waals surface area contributed by atoms with Crippen LogP contribution < -0.4 is 15.0 Å². The Morgan fingerprint density at radius 3 is 2.74 bits per heavy atom. The molecule has 2 heterocycles. The first-order valence-electron chi connectivity index (χ1n) is 11.4. The molecule has 2 aliphatic rings. The summed E-state index contributed by atoms with van der Waals surface area (Å²) in [6.45, 7) is 3.05. The smallest absolute Gasteiger partial charge is 0.142 e. The van der Waals surface area contributed by atoms with Gasteiger partial charge in [0.2, 0.25) is 0 Å². The number of allylic oxidation sites excluding steroid dienone is 1. The highest BCUT2D eigenvalue weighted by Gasteiger charge is 2.25. The fourth-order valence-electron chi connectivity index (χ4n) is 4.41. The Labute approximate surface area is 185 Å². The lowest BCUT2D eigenvalue weighted by Crippen LogP contribution is -2.51. The van der Waals surface area contributed by atoms with Crippen molar-refractivity contribution >= 4 is 17.5 Å². The minimum atomic E-state index is 0.213. The molecule has 2 atom stereocenters. The van der Waals surface area contributed by atoms with Crippen molar-refractivity contribution in [3.05, 3.63) is 66.2 Å². The Balaban J connectivity index is 1.21. The van der Waals surface area contributed by atoms with Crippen LogP contribution in [0.15, 0.2) is 65.8 Å². The van der Waals surface area contributed by atoms with Gasteiger partial charge in [0.25, 0.3) is 0 Å². The highest BCUT2D eigenvalue weighted by atomic mass is 16.6. The number of nitrogens with zero attached hydrogens (tertiary/aromatic N) is 2. The van der Waals surface area contributed by atoms with Crippen LogP contribution in [0.5, 0.6) is 5.75 Å². The van der Waals surface area contributed by atoms with Crippen molar-refractivity contribution in [3.8, 4) is 5.75 Å². The van der Waals surface area contributed by atoms with Gasteiger partial charge in [-0.15, -0.1) is 0 Å². The average molecular weight is 420 g/mol. The number of unbranched alkanes of at least 4 members (excludes halogenated alkanes) is 1. The van der Waals surface area contributed by atoms with Crippen LogP contribution >= 0.6 is 0 Å². The first-order chi connectivity index (χ1) is 15.3. The largest absolute Gasteiger partial charge is 0.495 e. The molecule has 5 heteroatoms. The summed E-state index contributed by atoms with van der Waals surface area (Å²) in [5, 5.41) is 7.82. The van der Waals surface area contributed by atoms with Gasteiger partial charge >= 0.3 is 0 Å². The van der Waals surface area contributed by atoms with E-state index in [2.05, 4.69) is 57.9 Å². The summed E-state index contributed by atoms with van der Waals surface area (Å²) in [5.74, 6) is 0.960. The van der Waals surface area contributed by atoms with Crippen LogP contribution in [0.25, 0.3) is 6.08 Å². The molecule has 31 heavy (non-hydrogen) atoms. The lowest BCUT2D eigenvalue weighted by atomic mass is 10.0. The molecule has 4 rings (SSSR count). The fourth-order valence-corrected chi connectivity index (χ4v) is 4.41. The third-order valence-corrected chi connectivity index (χ3v) is 6.08. The van der Waals surface area contributed by atoms with E-state index in [1.807, 2.05) is 24.3 Å². The van der Waals surface area contributed by atoms with E-state index < -0.39 is 0 Å². The second-order valence-corrected chi connectivity index (χ2v) is 8.27. The number of piperazine rings is 1. The molecule has 164 valence electrons. The lowest BCUT2D eigenvalue weighted by molar-refractivity contribution is 0.0769. The van der Waals surface area contributed by atoms with Gasteiger partial charge in [0.1, 0.15) is 11.9 Å². The second kappa shape index (κ2) is 11.0. The Hall–Kier alpha value is -2.79. The summed E-state index contributed by atoms with van der Waals surface area (Å²) in [4.78, 5) is 8.18. The summed E-state index contributed by atoms with van der Waals surface area (Å²) in [7, 11) is 1.75. The molecule has 2 aliphatic heterocycles. The normalized spacial score (nSPS) is 21.2. The van der Waals surface area contributed by atoms with Crippen LogP contribution in [0.2, 0.25) is 0 Å². The summed E-state index contributed by atoms with van der Waals surface area (Å²) in [6.07, 6.45) is 9.87. The molecule has 2 aromatic rings. The number of anilines is 1. The Morgan fingerprint density at radius 2 is 1.87 bits per heavy atom. The van der Waals surface area contributed by atoms with Gasteiger partial charge < -0.3 is 19.8 Å². The van der Waals surface area contributed by atoms with Crippen molar-refractivity contribution in [2.75, 3.05) is 31.6 Å². The number of rotatable bonds is 9. The van der Waals surface area contributed by atoms with Crippen LogP contribution in [0.3, 0.4) is 0 Å². The molecule has 2 aromatic carbocycles. The molecule has 1 fully saturated rings. The number of methoxy groups -OCH3 is 1. The van der Waals surface area contributed by atoms with Gasteiger partial charge in [-0.1, -0.05) is 60.1 Å². The number of nitrogens with one attached hydrogen (secondary N) is 1. The molecule has 0 bridgehead atoms. The van der Waals surface area contributed by atoms with Gasteiger partial charge in [0.05, 0.1) is 18.5 Å². The van der Waals surface area contributed by atoms with E-state index in [0.29, 0.717) is 6.04 Å². The topological polar surface area (TPSA) is 46.1 Å². The van der Waals surface area contributed by atoms with Gasteiger partial charge in [-0.25, -0.2) is 0 Å². The molecular weight excluding hydrogens is 386 g/mol. The fraction of sp³-hybridized carbons (Fsp3) is 0.423. The number of para-hydroxylation sites is 2. The van der Waals surface area contributed by atoms with E-state index in [-0.39, 0.29) is 6.10 Å². The summed E-state index contributed by atoms with van der Waals surface area (Å²) in [6, 6.07) is 19.2. The molecule has 1 N–H and O–H groups in total. The maximum atomic E-state index is 5.66. The SMILES string of the molecule is COc1ccccc1N1CCNCC1CCCCC1CC(/C=C/c2ccccc2)=NO1. The molecule has 0 radical (unpaired) electrons. The number of benzene rings is 2. The van der Waals surface area contributed by atoms with Crippen molar-refractivity contribution in [1.29, 1.82) is 0 Å². The van der Waals surface area contributed by atoms with E-state index in [1.54, 1.807) is 7.11 Å². The van der Waals surface area contributed by atoms with Crippen molar-refractivity contribution in [1.82, 2.24) is 5.32 Å². The zero-order chi connectivity index (χ0) is 21.3. The minimum Gasteiger partial charge on any atom is -0.495 e. The standard InChI is InChI=1S/C26H33N3O2/c1-30-26-14-8-7-13-25(26)29-18-17-27-20-23(29)11-5-6-12-24-19-22(28-31-24)16-15-21-9-3-2-4-10-21/h2-4,7-10,13-16,23-24,27H,5-6,11-12,17-20H2,1H3/b16-15+. The third-order valence-electron chi connectivity index (χ3n) is 6.08. The second-order valence-electron chi connectivity index (χ2n) is 8.27. The van der Waals surface area contributed by atoms with Crippen LogP contribution in [0, 0.1) is 0 Å². The monoisotopic (exact) mass is 419 g/mol. The molecule has 0 aromatic heterocycles. The lowest BCUT2D eigenvalue weighted by Gasteiger charge is -2.38. The molecule has 1 saturated heterocycles. The molecule has 0 spiro atoms. The number of ether oxygens (including phenoxy) is 1. The first-order valence-corrected chi connectivity index (χ1v) is 11.4.